The lowest BCUT2D eigenvalue weighted by Gasteiger charge is -2.13. The van der Waals surface area contributed by atoms with Gasteiger partial charge in [0.25, 0.3) is 5.91 Å². The third kappa shape index (κ3) is 3.37. The molecule has 0 spiro atoms. The second-order valence-corrected chi connectivity index (χ2v) is 6.34. The number of fused-ring (bicyclic) bond motifs is 1. The zero-order valence-corrected chi connectivity index (χ0v) is 14.7. The van der Waals surface area contributed by atoms with E-state index in [0.29, 0.717) is 16.5 Å². The van der Waals surface area contributed by atoms with Crippen LogP contribution in [0.25, 0.3) is 16.6 Å². The maximum absolute atomic E-state index is 12.8. The molecule has 27 heavy (non-hydrogen) atoms. The third-order valence-electron chi connectivity index (χ3n) is 4.47. The predicted molar refractivity (Wildman–Crippen MR) is 104 cm³/mol. The Kier molecular flexibility index (Phi) is 4.30. The SMILES string of the molecule is C[C@H](NC(=O)c1cc(=O)[nH]c2ccccc12)c1cnn(-c2ccccc2)c1. The highest BCUT2D eigenvalue weighted by Crippen LogP contribution is 2.18. The van der Waals surface area contributed by atoms with Crippen molar-refractivity contribution in [1.29, 1.82) is 0 Å². The average molecular weight is 358 g/mol. The van der Waals surface area contributed by atoms with E-state index in [1.807, 2.05) is 61.7 Å². The smallest absolute Gasteiger partial charge is 0.252 e. The first-order chi connectivity index (χ1) is 13.1. The van der Waals surface area contributed by atoms with Gasteiger partial charge in [-0.25, -0.2) is 4.68 Å². The van der Waals surface area contributed by atoms with Crippen molar-refractivity contribution in [1.82, 2.24) is 20.1 Å². The van der Waals surface area contributed by atoms with Gasteiger partial charge in [0.15, 0.2) is 0 Å². The molecule has 4 rings (SSSR count). The number of benzene rings is 2. The molecule has 0 fully saturated rings. The minimum Gasteiger partial charge on any atom is -0.345 e. The van der Waals surface area contributed by atoms with Gasteiger partial charge in [0.05, 0.1) is 23.5 Å². The van der Waals surface area contributed by atoms with Gasteiger partial charge in [0.2, 0.25) is 5.56 Å². The fourth-order valence-corrected chi connectivity index (χ4v) is 3.03. The molecule has 4 aromatic rings. The number of carbonyl (C=O) groups excluding carboxylic acids is 1. The van der Waals surface area contributed by atoms with Crippen LogP contribution in [-0.2, 0) is 0 Å². The highest BCUT2D eigenvalue weighted by atomic mass is 16.2. The Labute approximate surface area is 155 Å². The summed E-state index contributed by atoms with van der Waals surface area (Å²) in [5.41, 5.74) is 2.52. The summed E-state index contributed by atoms with van der Waals surface area (Å²) < 4.78 is 1.76. The van der Waals surface area contributed by atoms with E-state index in [2.05, 4.69) is 15.4 Å². The van der Waals surface area contributed by atoms with E-state index < -0.39 is 0 Å². The molecule has 0 saturated heterocycles. The van der Waals surface area contributed by atoms with Crippen molar-refractivity contribution in [2.24, 2.45) is 0 Å². The summed E-state index contributed by atoms with van der Waals surface area (Å²) in [6.45, 7) is 1.89. The Morgan fingerprint density at radius 2 is 1.85 bits per heavy atom. The van der Waals surface area contributed by atoms with Gasteiger partial charge in [-0.1, -0.05) is 36.4 Å². The summed E-state index contributed by atoms with van der Waals surface area (Å²) in [4.78, 5) is 27.4. The minimum absolute atomic E-state index is 0.256. The van der Waals surface area contributed by atoms with Crippen LogP contribution < -0.4 is 10.9 Å². The second kappa shape index (κ2) is 6.92. The molecule has 2 heterocycles. The van der Waals surface area contributed by atoms with Crippen molar-refractivity contribution < 1.29 is 4.79 Å². The Morgan fingerprint density at radius 3 is 2.67 bits per heavy atom. The number of nitrogens with zero attached hydrogens (tertiary/aromatic N) is 2. The number of H-pyrrole nitrogens is 1. The quantitative estimate of drug-likeness (QED) is 0.588. The second-order valence-electron chi connectivity index (χ2n) is 6.34. The summed E-state index contributed by atoms with van der Waals surface area (Å²) >= 11 is 0. The van der Waals surface area contributed by atoms with Gasteiger partial charge in [-0.3, -0.25) is 9.59 Å². The van der Waals surface area contributed by atoms with Crippen LogP contribution >= 0.6 is 0 Å². The molecule has 1 atom stereocenters. The number of para-hydroxylation sites is 2. The van der Waals surface area contributed by atoms with Crippen molar-refractivity contribution >= 4 is 16.8 Å². The van der Waals surface area contributed by atoms with Crippen LogP contribution in [0.5, 0.6) is 0 Å². The summed E-state index contributed by atoms with van der Waals surface area (Å²) in [7, 11) is 0. The van der Waals surface area contributed by atoms with Gasteiger partial charge < -0.3 is 10.3 Å². The molecule has 0 aliphatic heterocycles. The molecule has 6 nitrogen and oxygen atoms in total. The fourth-order valence-electron chi connectivity index (χ4n) is 3.03. The third-order valence-corrected chi connectivity index (χ3v) is 4.47. The summed E-state index contributed by atoms with van der Waals surface area (Å²) in [6.07, 6.45) is 3.62. The first kappa shape index (κ1) is 16.8. The number of aromatic nitrogens is 3. The molecule has 0 aliphatic rings. The number of amides is 1. The van der Waals surface area contributed by atoms with Crippen LogP contribution in [0.4, 0.5) is 0 Å². The Bertz CT molecular complexity index is 1160. The highest BCUT2D eigenvalue weighted by molar-refractivity contribution is 6.06. The van der Waals surface area contributed by atoms with E-state index in [1.165, 1.54) is 6.07 Å². The standard InChI is InChI=1S/C21H18N4O2/c1-14(15-12-22-25(13-15)16-7-3-2-4-8-16)23-21(27)18-11-20(26)24-19-10-6-5-9-17(18)19/h2-14H,1H3,(H,23,27)(H,24,26)/t14-/m0/s1. The molecule has 0 radical (unpaired) electrons. The molecular weight excluding hydrogens is 340 g/mol. The topological polar surface area (TPSA) is 79.8 Å². The van der Waals surface area contributed by atoms with E-state index in [9.17, 15) is 9.59 Å². The zero-order valence-electron chi connectivity index (χ0n) is 14.7. The maximum atomic E-state index is 12.8. The molecule has 0 bridgehead atoms. The molecule has 2 N–H and O–H groups in total. The first-order valence-corrected chi connectivity index (χ1v) is 8.65. The van der Waals surface area contributed by atoms with Crippen molar-refractivity contribution in [3.8, 4) is 5.69 Å². The van der Waals surface area contributed by atoms with Crippen LogP contribution in [0.2, 0.25) is 0 Å². The number of rotatable bonds is 4. The lowest BCUT2D eigenvalue weighted by atomic mass is 10.1. The molecule has 0 aliphatic carbocycles. The van der Waals surface area contributed by atoms with E-state index >= 15 is 0 Å². The number of nitrogens with one attached hydrogen (secondary N) is 2. The van der Waals surface area contributed by atoms with Gasteiger partial charge in [0, 0.05) is 28.7 Å². The monoisotopic (exact) mass is 358 g/mol. The molecule has 2 aromatic carbocycles. The van der Waals surface area contributed by atoms with Gasteiger partial charge in [-0.05, 0) is 25.1 Å². The van der Waals surface area contributed by atoms with Gasteiger partial charge in [0.1, 0.15) is 0 Å². The van der Waals surface area contributed by atoms with Crippen molar-refractivity contribution in [3.05, 3.63) is 94.5 Å². The van der Waals surface area contributed by atoms with E-state index in [1.54, 1.807) is 16.9 Å². The van der Waals surface area contributed by atoms with Crippen LogP contribution in [0.1, 0.15) is 28.9 Å². The van der Waals surface area contributed by atoms with E-state index in [-0.39, 0.29) is 17.5 Å². The van der Waals surface area contributed by atoms with Crippen LogP contribution in [-0.4, -0.2) is 20.7 Å². The Hall–Kier alpha value is -3.67. The lowest BCUT2D eigenvalue weighted by Crippen LogP contribution is -2.27. The van der Waals surface area contributed by atoms with Gasteiger partial charge in [-0.15, -0.1) is 0 Å². The van der Waals surface area contributed by atoms with Crippen LogP contribution in [0.3, 0.4) is 0 Å². The summed E-state index contributed by atoms with van der Waals surface area (Å²) in [5.74, 6) is -0.294. The van der Waals surface area contributed by atoms with Crippen molar-refractivity contribution in [2.75, 3.05) is 0 Å². The fraction of sp³-hybridized carbons (Fsp3) is 0.0952. The molecule has 2 aromatic heterocycles. The van der Waals surface area contributed by atoms with Crippen molar-refractivity contribution in [2.45, 2.75) is 13.0 Å². The summed E-state index contributed by atoms with van der Waals surface area (Å²) in [6, 6.07) is 18.1. The summed E-state index contributed by atoms with van der Waals surface area (Å²) in [5, 5.41) is 8.02. The molecule has 134 valence electrons. The van der Waals surface area contributed by atoms with Crippen molar-refractivity contribution in [3.63, 3.8) is 0 Å². The lowest BCUT2D eigenvalue weighted by molar-refractivity contribution is 0.0941. The number of hydrogen-bond acceptors (Lipinski definition) is 3. The average Bonchev–Trinajstić information content (AvgIpc) is 3.18. The van der Waals surface area contributed by atoms with Crippen LogP contribution in [0, 0.1) is 0 Å². The Balaban J connectivity index is 1.59. The highest BCUT2D eigenvalue weighted by Gasteiger charge is 2.16. The molecule has 0 saturated carbocycles. The maximum Gasteiger partial charge on any atom is 0.252 e. The Morgan fingerprint density at radius 1 is 1.11 bits per heavy atom. The first-order valence-electron chi connectivity index (χ1n) is 8.65. The number of hydrogen-bond donors (Lipinski definition) is 2. The van der Waals surface area contributed by atoms with E-state index in [4.69, 9.17) is 0 Å². The molecular formula is C21H18N4O2. The molecule has 0 unspecified atom stereocenters. The van der Waals surface area contributed by atoms with E-state index in [0.717, 1.165) is 11.3 Å². The minimum atomic E-state index is -0.302. The predicted octanol–water partition coefficient (Wildman–Crippen LogP) is 3.20. The normalized spacial score (nSPS) is 12.0. The molecule has 1 amide bonds. The molecule has 6 heteroatoms. The van der Waals surface area contributed by atoms with Gasteiger partial charge >= 0.3 is 0 Å². The largest absolute Gasteiger partial charge is 0.345 e. The number of aromatic amines is 1. The zero-order chi connectivity index (χ0) is 18.8. The number of pyridine rings is 1. The number of carbonyl (C=O) groups is 1. The van der Waals surface area contributed by atoms with Gasteiger partial charge in [-0.2, -0.15) is 5.10 Å². The van der Waals surface area contributed by atoms with Crippen LogP contribution in [0.15, 0.2) is 77.9 Å².